The molecule has 1 atom stereocenters. The fourth-order valence-electron chi connectivity index (χ4n) is 2.72. The first kappa shape index (κ1) is 17.9. The summed E-state index contributed by atoms with van der Waals surface area (Å²) in [6, 6.07) is 9.26. The zero-order chi connectivity index (χ0) is 17.9. The van der Waals surface area contributed by atoms with Gasteiger partial charge in [0.25, 0.3) is 0 Å². The van der Waals surface area contributed by atoms with Crippen molar-refractivity contribution < 1.29 is 17.9 Å². The highest BCUT2D eigenvalue weighted by Crippen LogP contribution is 2.19. The molecule has 0 spiro atoms. The molecule has 1 aliphatic heterocycles. The Bertz CT molecular complexity index is 833. The second-order valence-corrected chi connectivity index (χ2v) is 9.24. The van der Waals surface area contributed by atoms with Gasteiger partial charge in [0.1, 0.15) is 17.4 Å². The van der Waals surface area contributed by atoms with Gasteiger partial charge in [0.15, 0.2) is 9.84 Å². The lowest BCUT2D eigenvalue weighted by molar-refractivity contribution is -0.130. The van der Waals surface area contributed by atoms with E-state index in [9.17, 15) is 13.2 Å². The minimum atomic E-state index is -3.00. The molecule has 0 N–H and O–H groups in total. The molecule has 1 fully saturated rings. The normalized spacial score (nSPS) is 18.8. The van der Waals surface area contributed by atoms with Crippen molar-refractivity contribution in [3.63, 3.8) is 0 Å². The van der Waals surface area contributed by atoms with Crippen LogP contribution in [0.5, 0.6) is 5.75 Å². The first-order valence-corrected chi connectivity index (χ1v) is 10.7. The Balaban J connectivity index is 1.53. The average molecular weight is 380 g/mol. The van der Waals surface area contributed by atoms with Crippen molar-refractivity contribution in [1.29, 1.82) is 0 Å². The van der Waals surface area contributed by atoms with Gasteiger partial charge in [0.05, 0.1) is 23.6 Å². The number of carbonyl (C=O) groups is 1. The molecule has 0 aliphatic carbocycles. The number of hydrogen-bond donors (Lipinski definition) is 0. The standard InChI is InChI=1S/C17H20N2O4S2/c1-19(14-7-8-25(21,22)12-14)17(20)9-13-11-24-16(18-13)10-23-15-5-3-2-4-6-15/h2-6,11,14H,7-10,12H2,1H3. The van der Waals surface area contributed by atoms with E-state index in [1.807, 2.05) is 35.7 Å². The molecule has 0 radical (unpaired) electrons. The maximum atomic E-state index is 12.4. The number of ether oxygens (including phenoxy) is 1. The Hall–Kier alpha value is -1.93. The SMILES string of the molecule is CN(C(=O)Cc1csc(COc2ccccc2)n1)C1CCS(=O)(=O)C1. The lowest BCUT2D eigenvalue weighted by atomic mass is 10.2. The van der Waals surface area contributed by atoms with E-state index in [1.54, 1.807) is 11.9 Å². The van der Waals surface area contributed by atoms with Gasteiger partial charge in [-0.25, -0.2) is 13.4 Å². The molecule has 1 saturated heterocycles. The molecule has 6 nitrogen and oxygen atoms in total. The fourth-order valence-corrected chi connectivity index (χ4v) is 5.20. The van der Waals surface area contributed by atoms with E-state index in [1.165, 1.54) is 11.3 Å². The number of sulfone groups is 1. The van der Waals surface area contributed by atoms with Gasteiger partial charge in [0.2, 0.25) is 5.91 Å². The van der Waals surface area contributed by atoms with E-state index < -0.39 is 9.84 Å². The van der Waals surface area contributed by atoms with Crippen molar-refractivity contribution in [2.24, 2.45) is 0 Å². The van der Waals surface area contributed by atoms with E-state index in [4.69, 9.17) is 4.74 Å². The van der Waals surface area contributed by atoms with Crippen LogP contribution in [0.2, 0.25) is 0 Å². The fraction of sp³-hybridized carbons (Fsp3) is 0.412. The summed E-state index contributed by atoms with van der Waals surface area (Å²) in [6.45, 7) is 0.361. The Morgan fingerprint density at radius 1 is 1.36 bits per heavy atom. The molecule has 8 heteroatoms. The highest BCUT2D eigenvalue weighted by atomic mass is 32.2. The summed E-state index contributed by atoms with van der Waals surface area (Å²) in [5, 5.41) is 2.65. The van der Waals surface area contributed by atoms with Crippen molar-refractivity contribution in [2.75, 3.05) is 18.6 Å². The van der Waals surface area contributed by atoms with Crippen molar-refractivity contribution in [2.45, 2.75) is 25.5 Å². The molecule has 1 amide bonds. The van der Waals surface area contributed by atoms with Gasteiger partial charge >= 0.3 is 0 Å². The highest BCUT2D eigenvalue weighted by molar-refractivity contribution is 7.91. The van der Waals surface area contributed by atoms with Crippen LogP contribution < -0.4 is 4.74 Å². The molecular weight excluding hydrogens is 360 g/mol. The monoisotopic (exact) mass is 380 g/mol. The van der Waals surface area contributed by atoms with Crippen molar-refractivity contribution in [1.82, 2.24) is 9.88 Å². The molecule has 0 saturated carbocycles. The topological polar surface area (TPSA) is 76.6 Å². The Labute approximate surface area is 151 Å². The summed E-state index contributed by atoms with van der Waals surface area (Å²) in [5.41, 5.74) is 0.689. The number of benzene rings is 1. The first-order valence-electron chi connectivity index (χ1n) is 8.00. The molecule has 2 heterocycles. The second kappa shape index (κ2) is 7.53. The predicted octanol–water partition coefficient (Wildman–Crippen LogP) is 1.91. The molecular formula is C17H20N2O4S2. The third-order valence-electron chi connectivity index (χ3n) is 4.19. The van der Waals surface area contributed by atoms with Crippen LogP contribution >= 0.6 is 11.3 Å². The second-order valence-electron chi connectivity index (χ2n) is 6.07. The summed E-state index contributed by atoms with van der Waals surface area (Å²) in [6.07, 6.45) is 0.687. The number of para-hydroxylation sites is 1. The number of aromatic nitrogens is 1. The van der Waals surface area contributed by atoms with Gasteiger partial charge in [-0.15, -0.1) is 11.3 Å². The number of carbonyl (C=O) groups excluding carboxylic acids is 1. The molecule has 1 unspecified atom stereocenters. The third-order valence-corrected chi connectivity index (χ3v) is 6.81. The molecule has 2 aromatic rings. The zero-order valence-electron chi connectivity index (χ0n) is 13.9. The van der Waals surface area contributed by atoms with Gasteiger partial charge in [-0.2, -0.15) is 0 Å². The number of rotatable bonds is 6. The van der Waals surface area contributed by atoms with Gasteiger partial charge in [0, 0.05) is 18.5 Å². The lowest BCUT2D eigenvalue weighted by Gasteiger charge is -2.23. The minimum Gasteiger partial charge on any atom is -0.486 e. The van der Waals surface area contributed by atoms with E-state index >= 15 is 0 Å². The van der Waals surface area contributed by atoms with Crippen molar-refractivity contribution >= 4 is 27.1 Å². The summed E-state index contributed by atoms with van der Waals surface area (Å²) in [7, 11) is -1.33. The first-order chi connectivity index (χ1) is 11.9. The van der Waals surface area contributed by atoms with E-state index in [2.05, 4.69) is 4.98 Å². The molecule has 0 bridgehead atoms. The Kier molecular flexibility index (Phi) is 5.39. The predicted molar refractivity (Wildman–Crippen MR) is 96.4 cm³/mol. The average Bonchev–Trinajstić information content (AvgIpc) is 3.19. The van der Waals surface area contributed by atoms with Gasteiger partial charge < -0.3 is 9.64 Å². The summed E-state index contributed by atoms with van der Waals surface area (Å²) in [5.74, 6) is 0.885. The van der Waals surface area contributed by atoms with E-state index in [0.29, 0.717) is 18.7 Å². The minimum absolute atomic E-state index is 0.0580. The molecule has 1 aliphatic rings. The largest absolute Gasteiger partial charge is 0.486 e. The van der Waals surface area contributed by atoms with Crippen LogP contribution in [0.4, 0.5) is 0 Å². The highest BCUT2D eigenvalue weighted by Gasteiger charge is 2.32. The molecule has 1 aromatic carbocycles. The summed E-state index contributed by atoms with van der Waals surface area (Å²) >= 11 is 1.45. The van der Waals surface area contributed by atoms with Crippen molar-refractivity contribution in [3.8, 4) is 5.75 Å². The number of nitrogens with zero attached hydrogens (tertiary/aromatic N) is 2. The molecule has 25 heavy (non-hydrogen) atoms. The van der Waals surface area contributed by atoms with Gasteiger partial charge in [-0.1, -0.05) is 18.2 Å². The number of thiazole rings is 1. The van der Waals surface area contributed by atoms with Crippen LogP contribution in [0.15, 0.2) is 35.7 Å². The summed E-state index contributed by atoms with van der Waals surface area (Å²) < 4.78 is 28.8. The number of hydrogen-bond acceptors (Lipinski definition) is 6. The van der Waals surface area contributed by atoms with Gasteiger partial charge in [-0.05, 0) is 18.6 Å². The van der Waals surface area contributed by atoms with Crippen LogP contribution in [0.3, 0.4) is 0 Å². The Morgan fingerprint density at radius 3 is 2.80 bits per heavy atom. The smallest absolute Gasteiger partial charge is 0.228 e. The maximum Gasteiger partial charge on any atom is 0.228 e. The number of likely N-dealkylation sites (N-methyl/N-ethyl adjacent to an activating group) is 1. The molecule has 1 aromatic heterocycles. The van der Waals surface area contributed by atoms with E-state index in [-0.39, 0.29) is 29.9 Å². The van der Waals surface area contributed by atoms with Gasteiger partial charge in [-0.3, -0.25) is 4.79 Å². The maximum absolute atomic E-state index is 12.4. The lowest BCUT2D eigenvalue weighted by Crippen LogP contribution is -2.38. The van der Waals surface area contributed by atoms with Crippen LogP contribution in [0.1, 0.15) is 17.1 Å². The number of amides is 1. The van der Waals surface area contributed by atoms with Crippen LogP contribution in [-0.4, -0.2) is 48.8 Å². The Morgan fingerprint density at radius 2 is 2.12 bits per heavy atom. The third kappa shape index (κ3) is 4.79. The quantitative estimate of drug-likeness (QED) is 0.765. The van der Waals surface area contributed by atoms with Crippen LogP contribution in [0.25, 0.3) is 0 Å². The van der Waals surface area contributed by atoms with Crippen LogP contribution in [0, 0.1) is 0 Å². The summed E-state index contributed by atoms with van der Waals surface area (Å²) in [4.78, 5) is 18.3. The van der Waals surface area contributed by atoms with E-state index in [0.717, 1.165) is 10.8 Å². The van der Waals surface area contributed by atoms with Crippen LogP contribution in [-0.2, 0) is 27.7 Å². The molecule has 134 valence electrons. The van der Waals surface area contributed by atoms with Crippen molar-refractivity contribution in [3.05, 3.63) is 46.4 Å². The zero-order valence-corrected chi connectivity index (χ0v) is 15.6. The molecule has 3 rings (SSSR count).